The highest BCUT2D eigenvalue weighted by atomic mass is 19.1. The summed E-state index contributed by atoms with van der Waals surface area (Å²) in [5.41, 5.74) is 1.12. The van der Waals surface area contributed by atoms with E-state index in [0.717, 1.165) is 44.7 Å². The lowest BCUT2D eigenvalue weighted by molar-refractivity contribution is -0.137. The molecule has 20 heavy (non-hydrogen) atoms. The molecule has 1 fully saturated rings. The zero-order valence-corrected chi connectivity index (χ0v) is 11.6. The molecule has 0 atom stereocenters. The summed E-state index contributed by atoms with van der Waals surface area (Å²) < 4.78 is 12.9. The number of hydrogen-bond acceptors (Lipinski definition) is 3. The van der Waals surface area contributed by atoms with Crippen molar-refractivity contribution in [3.8, 4) is 0 Å². The van der Waals surface area contributed by atoms with Crippen LogP contribution in [0.25, 0.3) is 0 Å². The number of benzene rings is 1. The van der Waals surface area contributed by atoms with E-state index in [9.17, 15) is 9.18 Å². The first-order chi connectivity index (χ1) is 9.63. The molecule has 0 radical (unpaired) electrons. The van der Waals surface area contributed by atoms with E-state index in [1.165, 1.54) is 12.1 Å². The van der Waals surface area contributed by atoms with Crippen molar-refractivity contribution >= 4 is 5.97 Å². The third-order valence-electron chi connectivity index (χ3n) is 3.64. The molecule has 0 aliphatic carbocycles. The van der Waals surface area contributed by atoms with Crippen molar-refractivity contribution in [2.75, 3.05) is 32.7 Å². The van der Waals surface area contributed by atoms with Crippen LogP contribution < -0.4 is 0 Å². The van der Waals surface area contributed by atoms with Crippen molar-refractivity contribution < 1.29 is 14.3 Å². The van der Waals surface area contributed by atoms with Crippen LogP contribution in [0.4, 0.5) is 4.39 Å². The van der Waals surface area contributed by atoms with Crippen LogP contribution in [0.15, 0.2) is 24.3 Å². The molecule has 0 unspecified atom stereocenters. The highest BCUT2D eigenvalue weighted by Gasteiger charge is 2.15. The number of aliphatic carboxylic acids is 1. The maximum atomic E-state index is 12.9. The lowest BCUT2D eigenvalue weighted by Gasteiger charge is -2.21. The van der Waals surface area contributed by atoms with Crippen LogP contribution in [0.3, 0.4) is 0 Å². The number of rotatable bonds is 5. The van der Waals surface area contributed by atoms with Gasteiger partial charge in [-0.05, 0) is 37.2 Å². The molecule has 1 saturated heterocycles. The molecule has 2 rings (SSSR count). The van der Waals surface area contributed by atoms with Crippen molar-refractivity contribution in [1.82, 2.24) is 9.80 Å². The number of hydrogen-bond donors (Lipinski definition) is 1. The second-order valence-corrected chi connectivity index (χ2v) is 5.24. The number of carboxylic acids is 1. The van der Waals surface area contributed by atoms with Crippen molar-refractivity contribution in [1.29, 1.82) is 0 Å². The first kappa shape index (κ1) is 14.9. The predicted octanol–water partition coefficient (Wildman–Crippen LogP) is 1.81. The Kier molecular flexibility index (Phi) is 5.49. The average molecular weight is 280 g/mol. The SMILES string of the molecule is O=C(O)CCN1CCCN(Cc2ccc(F)cc2)CC1. The number of halogens is 1. The van der Waals surface area contributed by atoms with Gasteiger partial charge in [-0.1, -0.05) is 12.1 Å². The topological polar surface area (TPSA) is 43.8 Å². The monoisotopic (exact) mass is 280 g/mol. The van der Waals surface area contributed by atoms with Gasteiger partial charge in [-0.15, -0.1) is 0 Å². The maximum Gasteiger partial charge on any atom is 0.304 e. The quantitative estimate of drug-likeness (QED) is 0.893. The summed E-state index contributed by atoms with van der Waals surface area (Å²) in [7, 11) is 0. The van der Waals surface area contributed by atoms with Crippen molar-refractivity contribution in [3.05, 3.63) is 35.6 Å². The third-order valence-corrected chi connectivity index (χ3v) is 3.64. The van der Waals surface area contributed by atoms with E-state index in [2.05, 4.69) is 9.80 Å². The van der Waals surface area contributed by atoms with Gasteiger partial charge in [-0.25, -0.2) is 4.39 Å². The van der Waals surface area contributed by atoms with Gasteiger partial charge < -0.3 is 10.0 Å². The molecule has 5 heteroatoms. The summed E-state index contributed by atoms with van der Waals surface area (Å²) >= 11 is 0. The van der Waals surface area contributed by atoms with E-state index < -0.39 is 5.97 Å². The third kappa shape index (κ3) is 4.90. The van der Waals surface area contributed by atoms with Crippen LogP contribution in [0, 0.1) is 5.82 Å². The highest BCUT2D eigenvalue weighted by molar-refractivity contribution is 5.66. The Morgan fingerprint density at radius 1 is 1.10 bits per heavy atom. The van der Waals surface area contributed by atoms with Gasteiger partial charge in [0.05, 0.1) is 6.42 Å². The van der Waals surface area contributed by atoms with Crippen LogP contribution in [0.1, 0.15) is 18.4 Å². The Labute approximate surface area is 118 Å². The Morgan fingerprint density at radius 2 is 1.75 bits per heavy atom. The molecule has 1 aliphatic heterocycles. The van der Waals surface area contributed by atoms with E-state index in [1.807, 2.05) is 12.1 Å². The van der Waals surface area contributed by atoms with Crippen LogP contribution in [-0.4, -0.2) is 53.6 Å². The standard InChI is InChI=1S/C15H21FN2O2/c16-14-4-2-13(3-5-14)12-18-8-1-7-17(10-11-18)9-6-15(19)20/h2-5H,1,6-12H2,(H,19,20). The summed E-state index contributed by atoms with van der Waals surface area (Å²) in [6.07, 6.45) is 1.25. The van der Waals surface area contributed by atoms with Gasteiger partial charge >= 0.3 is 5.97 Å². The van der Waals surface area contributed by atoms with Crippen LogP contribution in [0.2, 0.25) is 0 Å². The van der Waals surface area contributed by atoms with E-state index in [1.54, 1.807) is 0 Å². The van der Waals surface area contributed by atoms with Crippen LogP contribution >= 0.6 is 0 Å². The molecule has 1 N–H and O–H groups in total. The zero-order chi connectivity index (χ0) is 14.4. The second kappa shape index (κ2) is 7.36. The molecule has 1 aromatic rings. The largest absolute Gasteiger partial charge is 0.481 e. The minimum absolute atomic E-state index is 0.204. The Hall–Kier alpha value is -1.46. The van der Waals surface area contributed by atoms with Gasteiger partial charge in [-0.3, -0.25) is 9.69 Å². The smallest absolute Gasteiger partial charge is 0.304 e. The van der Waals surface area contributed by atoms with E-state index in [4.69, 9.17) is 5.11 Å². The van der Waals surface area contributed by atoms with Gasteiger partial charge in [-0.2, -0.15) is 0 Å². The van der Waals surface area contributed by atoms with E-state index in [0.29, 0.717) is 6.54 Å². The van der Waals surface area contributed by atoms with Crippen molar-refractivity contribution in [3.63, 3.8) is 0 Å². The first-order valence-electron chi connectivity index (χ1n) is 7.04. The Morgan fingerprint density at radius 3 is 2.45 bits per heavy atom. The first-order valence-corrected chi connectivity index (χ1v) is 7.04. The maximum absolute atomic E-state index is 12.9. The lowest BCUT2D eigenvalue weighted by atomic mass is 10.2. The minimum Gasteiger partial charge on any atom is -0.481 e. The average Bonchev–Trinajstić information content (AvgIpc) is 2.64. The molecule has 0 bridgehead atoms. The number of nitrogens with zero attached hydrogens (tertiary/aromatic N) is 2. The molecule has 0 amide bonds. The summed E-state index contributed by atoms with van der Waals surface area (Å²) in [6, 6.07) is 6.63. The van der Waals surface area contributed by atoms with Gasteiger partial charge in [0.1, 0.15) is 5.82 Å². The van der Waals surface area contributed by atoms with Gasteiger partial charge in [0, 0.05) is 26.2 Å². The molecule has 0 saturated carbocycles. The molecular weight excluding hydrogens is 259 g/mol. The van der Waals surface area contributed by atoms with Gasteiger partial charge in [0.2, 0.25) is 0 Å². The van der Waals surface area contributed by atoms with Gasteiger partial charge in [0.25, 0.3) is 0 Å². The summed E-state index contributed by atoms with van der Waals surface area (Å²) in [5.74, 6) is -0.943. The molecule has 4 nitrogen and oxygen atoms in total. The predicted molar refractivity (Wildman–Crippen MR) is 75.0 cm³/mol. The molecule has 0 spiro atoms. The molecule has 1 heterocycles. The molecular formula is C15H21FN2O2. The Bertz CT molecular complexity index is 436. The molecule has 1 aliphatic rings. The number of carboxylic acid groups (broad SMARTS) is 1. The van der Waals surface area contributed by atoms with Crippen molar-refractivity contribution in [2.24, 2.45) is 0 Å². The Balaban J connectivity index is 1.80. The molecule has 1 aromatic carbocycles. The second-order valence-electron chi connectivity index (χ2n) is 5.24. The lowest BCUT2D eigenvalue weighted by Crippen LogP contribution is -2.31. The van der Waals surface area contributed by atoms with Crippen LogP contribution in [0.5, 0.6) is 0 Å². The summed E-state index contributed by atoms with van der Waals surface area (Å²) in [6.45, 7) is 5.23. The number of carbonyl (C=O) groups is 1. The highest BCUT2D eigenvalue weighted by Crippen LogP contribution is 2.10. The van der Waals surface area contributed by atoms with E-state index >= 15 is 0 Å². The van der Waals surface area contributed by atoms with Crippen molar-refractivity contribution in [2.45, 2.75) is 19.4 Å². The van der Waals surface area contributed by atoms with Crippen LogP contribution in [-0.2, 0) is 11.3 Å². The fraction of sp³-hybridized carbons (Fsp3) is 0.533. The van der Waals surface area contributed by atoms with Gasteiger partial charge in [0.15, 0.2) is 0 Å². The fourth-order valence-electron chi connectivity index (χ4n) is 2.51. The fourth-order valence-corrected chi connectivity index (χ4v) is 2.51. The molecule has 110 valence electrons. The summed E-state index contributed by atoms with van der Waals surface area (Å²) in [5, 5.41) is 8.72. The summed E-state index contributed by atoms with van der Waals surface area (Å²) in [4.78, 5) is 15.1. The van der Waals surface area contributed by atoms with E-state index in [-0.39, 0.29) is 12.2 Å². The normalized spacial score (nSPS) is 17.9. The zero-order valence-electron chi connectivity index (χ0n) is 11.6. The minimum atomic E-state index is -0.739. The molecule has 0 aromatic heterocycles.